The maximum Gasteiger partial charge on any atom is 0.261 e. The van der Waals surface area contributed by atoms with Gasteiger partial charge in [-0.05, 0) is 26.1 Å². The molecule has 0 aliphatic carbocycles. The van der Waals surface area contributed by atoms with Crippen molar-refractivity contribution in [3.05, 3.63) is 34.9 Å². The van der Waals surface area contributed by atoms with Crippen LogP contribution >= 0.6 is 0 Å². The Morgan fingerprint density at radius 2 is 2.29 bits per heavy atom. The van der Waals surface area contributed by atoms with Gasteiger partial charge in [-0.3, -0.25) is 9.36 Å². The molecular formula is C12H15N3O2. The van der Waals surface area contributed by atoms with Crippen LogP contribution in [0.4, 0.5) is 0 Å². The van der Waals surface area contributed by atoms with Crippen LogP contribution in [0.3, 0.4) is 0 Å². The highest BCUT2D eigenvalue weighted by Gasteiger charge is 2.06. The van der Waals surface area contributed by atoms with Gasteiger partial charge in [-0.1, -0.05) is 0 Å². The first kappa shape index (κ1) is 11.6. The number of aromatic hydroxyl groups is 1. The van der Waals surface area contributed by atoms with E-state index >= 15 is 0 Å². The van der Waals surface area contributed by atoms with Crippen LogP contribution in [0.25, 0.3) is 10.9 Å². The number of phenols is 1. The van der Waals surface area contributed by atoms with Crippen molar-refractivity contribution < 1.29 is 5.11 Å². The third-order valence-corrected chi connectivity index (χ3v) is 2.77. The quantitative estimate of drug-likeness (QED) is 0.819. The van der Waals surface area contributed by atoms with Crippen LogP contribution in [0.2, 0.25) is 0 Å². The largest absolute Gasteiger partial charge is 0.508 e. The van der Waals surface area contributed by atoms with E-state index in [1.807, 2.05) is 14.0 Å². The van der Waals surface area contributed by atoms with Crippen LogP contribution in [-0.2, 0) is 6.54 Å². The van der Waals surface area contributed by atoms with Gasteiger partial charge in [0.1, 0.15) is 5.75 Å². The molecule has 5 heteroatoms. The number of nitrogens with zero attached hydrogens (tertiary/aromatic N) is 2. The van der Waals surface area contributed by atoms with Crippen LogP contribution in [-0.4, -0.2) is 27.7 Å². The molecule has 0 bridgehead atoms. The normalized spacial score (nSPS) is 12.8. The van der Waals surface area contributed by atoms with Crippen LogP contribution in [0.15, 0.2) is 29.3 Å². The van der Waals surface area contributed by atoms with Crippen LogP contribution in [0, 0.1) is 0 Å². The molecule has 0 amide bonds. The molecule has 0 saturated heterocycles. The number of nitrogens with one attached hydrogen (secondary N) is 1. The third kappa shape index (κ3) is 2.29. The Hall–Kier alpha value is -1.88. The fourth-order valence-corrected chi connectivity index (χ4v) is 1.66. The number of hydrogen-bond acceptors (Lipinski definition) is 4. The van der Waals surface area contributed by atoms with E-state index in [1.54, 1.807) is 10.6 Å². The summed E-state index contributed by atoms with van der Waals surface area (Å²) in [6.07, 6.45) is 1.51. The topological polar surface area (TPSA) is 67.2 Å². The average molecular weight is 233 g/mol. The number of hydrogen-bond donors (Lipinski definition) is 2. The average Bonchev–Trinajstić information content (AvgIpc) is 2.32. The summed E-state index contributed by atoms with van der Waals surface area (Å²) in [4.78, 5) is 16.3. The maximum atomic E-state index is 12.1. The van der Waals surface area contributed by atoms with Crippen molar-refractivity contribution in [3.8, 4) is 5.75 Å². The molecule has 2 aromatic rings. The molecule has 5 nitrogen and oxygen atoms in total. The van der Waals surface area contributed by atoms with Gasteiger partial charge in [0, 0.05) is 18.7 Å². The van der Waals surface area contributed by atoms with E-state index < -0.39 is 0 Å². The van der Waals surface area contributed by atoms with E-state index in [-0.39, 0.29) is 17.4 Å². The molecule has 0 spiro atoms. The highest BCUT2D eigenvalue weighted by molar-refractivity contribution is 5.78. The van der Waals surface area contributed by atoms with Crippen molar-refractivity contribution in [1.82, 2.24) is 14.9 Å². The van der Waals surface area contributed by atoms with Gasteiger partial charge in [0.05, 0.1) is 17.2 Å². The summed E-state index contributed by atoms with van der Waals surface area (Å²) in [7, 11) is 1.85. The molecule has 0 radical (unpaired) electrons. The zero-order valence-corrected chi connectivity index (χ0v) is 9.84. The predicted octanol–water partition coefficient (Wildman–Crippen LogP) is 0.710. The highest BCUT2D eigenvalue weighted by Crippen LogP contribution is 2.14. The monoisotopic (exact) mass is 233 g/mol. The zero-order valence-electron chi connectivity index (χ0n) is 9.84. The van der Waals surface area contributed by atoms with Gasteiger partial charge in [-0.25, -0.2) is 4.98 Å². The second-order valence-electron chi connectivity index (χ2n) is 4.09. The van der Waals surface area contributed by atoms with Gasteiger partial charge in [-0.2, -0.15) is 0 Å². The zero-order chi connectivity index (χ0) is 12.4. The van der Waals surface area contributed by atoms with Crippen molar-refractivity contribution in [2.45, 2.75) is 19.5 Å². The van der Waals surface area contributed by atoms with Gasteiger partial charge in [-0.15, -0.1) is 0 Å². The number of rotatable bonds is 3. The number of aromatic nitrogens is 2. The summed E-state index contributed by atoms with van der Waals surface area (Å²) >= 11 is 0. The Balaban J connectivity index is 2.51. The molecule has 2 rings (SSSR count). The van der Waals surface area contributed by atoms with Gasteiger partial charge < -0.3 is 10.4 Å². The molecule has 1 atom stereocenters. The summed E-state index contributed by atoms with van der Waals surface area (Å²) in [6, 6.07) is 4.78. The summed E-state index contributed by atoms with van der Waals surface area (Å²) < 4.78 is 1.57. The second-order valence-corrected chi connectivity index (χ2v) is 4.09. The van der Waals surface area contributed by atoms with Gasteiger partial charge in [0.25, 0.3) is 5.56 Å². The van der Waals surface area contributed by atoms with E-state index in [9.17, 15) is 9.90 Å². The van der Waals surface area contributed by atoms with E-state index in [4.69, 9.17) is 0 Å². The van der Waals surface area contributed by atoms with Crippen molar-refractivity contribution in [2.24, 2.45) is 0 Å². The van der Waals surface area contributed by atoms with Crippen molar-refractivity contribution in [3.63, 3.8) is 0 Å². The van der Waals surface area contributed by atoms with Crippen molar-refractivity contribution in [2.75, 3.05) is 7.05 Å². The first-order chi connectivity index (χ1) is 8.11. The lowest BCUT2D eigenvalue weighted by Gasteiger charge is -2.12. The minimum Gasteiger partial charge on any atom is -0.508 e. The molecule has 0 saturated carbocycles. The number of benzene rings is 1. The first-order valence-electron chi connectivity index (χ1n) is 5.47. The molecule has 1 aromatic carbocycles. The fourth-order valence-electron chi connectivity index (χ4n) is 1.66. The molecule has 17 heavy (non-hydrogen) atoms. The maximum absolute atomic E-state index is 12.1. The Kier molecular flexibility index (Phi) is 3.10. The van der Waals surface area contributed by atoms with E-state index in [0.29, 0.717) is 17.4 Å². The highest BCUT2D eigenvalue weighted by atomic mass is 16.3. The van der Waals surface area contributed by atoms with E-state index in [1.165, 1.54) is 18.5 Å². The summed E-state index contributed by atoms with van der Waals surface area (Å²) in [5, 5.41) is 12.9. The smallest absolute Gasteiger partial charge is 0.261 e. The Morgan fingerprint density at radius 1 is 1.53 bits per heavy atom. The summed E-state index contributed by atoms with van der Waals surface area (Å²) in [6.45, 7) is 2.56. The molecule has 1 unspecified atom stereocenters. The first-order valence-corrected chi connectivity index (χ1v) is 5.47. The predicted molar refractivity (Wildman–Crippen MR) is 66.2 cm³/mol. The third-order valence-electron chi connectivity index (χ3n) is 2.77. The Labute approximate surface area is 98.7 Å². The Morgan fingerprint density at radius 3 is 3.00 bits per heavy atom. The molecular weight excluding hydrogens is 218 g/mol. The molecule has 0 fully saturated rings. The van der Waals surface area contributed by atoms with E-state index in [2.05, 4.69) is 10.3 Å². The number of likely N-dealkylation sites (N-methyl/N-ethyl adjacent to an activating group) is 1. The minimum absolute atomic E-state index is 0.0860. The van der Waals surface area contributed by atoms with Crippen LogP contribution < -0.4 is 10.9 Å². The number of phenolic OH excluding ortho intramolecular Hbond substituents is 1. The lowest BCUT2D eigenvalue weighted by atomic mass is 10.2. The standard InChI is InChI=1S/C12H15N3O2/c1-8(13-2)6-15-7-14-11-5-9(16)3-4-10(11)12(15)17/h3-5,7-8,13,16H,6H2,1-2H3. The van der Waals surface area contributed by atoms with Gasteiger partial charge in [0.2, 0.25) is 0 Å². The minimum atomic E-state index is -0.0860. The van der Waals surface area contributed by atoms with Gasteiger partial charge in [0.15, 0.2) is 0 Å². The lowest BCUT2D eigenvalue weighted by Crippen LogP contribution is -2.32. The molecule has 1 aromatic heterocycles. The SMILES string of the molecule is CNC(C)Cn1cnc2cc(O)ccc2c1=O. The van der Waals surface area contributed by atoms with Crippen LogP contribution in [0.5, 0.6) is 5.75 Å². The molecule has 0 aliphatic heterocycles. The summed E-state index contributed by atoms with van der Waals surface area (Å²) in [5.41, 5.74) is 0.431. The van der Waals surface area contributed by atoms with E-state index in [0.717, 1.165) is 0 Å². The molecule has 2 N–H and O–H groups in total. The van der Waals surface area contributed by atoms with Crippen molar-refractivity contribution >= 4 is 10.9 Å². The molecule has 90 valence electrons. The van der Waals surface area contributed by atoms with Crippen LogP contribution in [0.1, 0.15) is 6.92 Å². The number of fused-ring (bicyclic) bond motifs is 1. The van der Waals surface area contributed by atoms with Crippen molar-refractivity contribution in [1.29, 1.82) is 0 Å². The fraction of sp³-hybridized carbons (Fsp3) is 0.333. The molecule has 0 aliphatic rings. The second kappa shape index (κ2) is 4.55. The molecule has 1 heterocycles. The lowest BCUT2D eigenvalue weighted by molar-refractivity contribution is 0.475. The Bertz CT molecular complexity index is 592. The van der Waals surface area contributed by atoms with Gasteiger partial charge >= 0.3 is 0 Å². The summed E-state index contributed by atoms with van der Waals surface area (Å²) in [5.74, 6) is 0.116.